The summed E-state index contributed by atoms with van der Waals surface area (Å²) in [5, 5.41) is 0. The monoisotopic (exact) mass is 412 g/mol. The number of benzene rings is 2. The molecule has 0 radical (unpaired) electrons. The van der Waals surface area contributed by atoms with E-state index in [0.29, 0.717) is 30.8 Å². The number of rotatable bonds is 6. The second-order valence-corrected chi connectivity index (χ2v) is 8.05. The second kappa shape index (κ2) is 7.72. The Morgan fingerprint density at radius 2 is 1.90 bits per heavy atom. The highest BCUT2D eigenvalue weighted by molar-refractivity contribution is 5.80. The maximum atomic E-state index is 12.9. The zero-order valence-electron chi connectivity index (χ0n) is 17.3. The Morgan fingerprint density at radius 1 is 1.10 bits per heavy atom. The number of hydrogen-bond acceptors (Lipinski definition) is 6. The lowest BCUT2D eigenvalue weighted by Gasteiger charge is -2.32. The zero-order valence-corrected chi connectivity index (χ0v) is 17.3. The molecule has 3 aliphatic rings. The van der Waals surface area contributed by atoms with E-state index >= 15 is 0 Å². The van der Waals surface area contributed by atoms with Crippen LogP contribution in [0.5, 0.6) is 28.7 Å². The highest BCUT2D eigenvalue weighted by Gasteiger charge is 2.37. The van der Waals surface area contributed by atoms with Crippen molar-refractivity contribution in [2.45, 2.75) is 31.7 Å². The fourth-order valence-electron chi connectivity index (χ4n) is 4.61. The number of carbonyl (C=O) groups is 1. The minimum Gasteiger partial charge on any atom is -0.492 e. The standard InChI is InChI=1S/C23H25NO6/c1-24-8-7-15-10-20-22(30-13-29-20)23(26-2)21(15)17(24)11-16(25)5-3-14-4-6-18-19(9-14)28-12-27-18/h4,6,9-10,17H,3,5,7-8,11-13H2,1-2H3/p+1/t17-/m1/s1. The molecule has 0 saturated carbocycles. The lowest BCUT2D eigenvalue weighted by molar-refractivity contribution is -0.914. The SMILES string of the molecule is COc1c2c(cc3c1[C@@H](CC(=O)CCc1ccc4c(c1)OCO4)[NH+](C)CC3)OCO2. The van der Waals surface area contributed by atoms with Crippen molar-refractivity contribution in [1.29, 1.82) is 0 Å². The first-order valence-corrected chi connectivity index (χ1v) is 10.4. The van der Waals surface area contributed by atoms with Crippen molar-refractivity contribution in [3.05, 3.63) is 41.0 Å². The van der Waals surface area contributed by atoms with E-state index in [1.165, 1.54) is 10.5 Å². The first-order valence-electron chi connectivity index (χ1n) is 10.4. The summed E-state index contributed by atoms with van der Waals surface area (Å²) in [5.41, 5.74) is 3.36. The van der Waals surface area contributed by atoms with Crippen LogP contribution in [0.1, 0.15) is 35.6 Å². The summed E-state index contributed by atoms with van der Waals surface area (Å²) < 4.78 is 27.8. The minimum absolute atomic E-state index is 0.0439. The Bertz CT molecular complexity index is 988. The Balaban J connectivity index is 1.33. The summed E-state index contributed by atoms with van der Waals surface area (Å²) in [5.74, 6) is 3.87. The van der Waals surface area contributed by atoms with E-state index in [9.17, 15) is 4.79 Å². The number of nitrogens with one attached hydrogen (secondary N) is 1. The van der Waals surface area contributed by atoms with Crippen molar-refractivity contribution in [2.75, 3.05) is 34.3 Å². The number of carbonyl (C=O) groups excluding carboxylic acids is 1. The van der Waals surface area contributed by atoms with Gasteiger partial charge in [0.05, 0.1) is 32.7 Å². The summed E-state index contributed by atoms with van der Waals surface area (Å²) in [6.07, 6.45) is 2.58. The van der Waals surface area contributed by atoms with Crippen LogP contribution >= 0.6 is 0 Å². The molecule has 158 valence electrons. The first-order chi connectivity index (χ1) is 14.6. The van der Waals surface area contributed by atoms with E-state index in [2.05, 4.69) is 13.1 Å². The van der Waals surface area contributed by atoms with E-state index in [0.717, 1.165) is 41.3 Å². The summed E-state index contributed by atoms with van der Waals surface area (Å²) in [4.78, 5) is 14.3. The molecule has 0 bridgehead atoms. The molecule has 2 aromatic carbocycles. The number of ketones is 1. The molecule has 30 heavy (non-hydrogen) atoms. The van der Waals surface area contributed by atoms with Crippen LogP contribution in [0.2, 0.25) is 0 Å². The highest BCUT2D eigenvalue weighted by atomic mass is 16.7. The Labute approximate surface area is 175 Å². The van der Waals surface area contributed by atoms with Crippen LogP contribution in [0.15, 0.2) is 24.3 Å². The van der Waals surface area contributed by atoms with Gasteiger partial charge in [-0.1, -0.05) is 6.07 Å². The smallest absolute Gasteiger partial charge is 0.231 e. The van der Waals surface area contributed by atoms with Gasteiger partial charge < -0.3 is 28.6 Å². The van der Waals surface area contributed by atoms with E-state index in [4.69, 9.17) is 23.7 Å². The van der Waals surface area contributed by atoms with Crippen molar-refractivity contribution < 1.29 is 33.4 Å². The molecule has 0 fully saturated rings. The van der Waals surface area contributed by atoms with Gasteiger partial charge in [0.15, 0.2) is 23.0 Å². The molecule has 2 aromatic rings. The molecule has 0 aliphatic carbocycles. The molecule has 5 rings (SSSR count). The van der Waals surface area contributed by atoms with Gasteiger partial charge in [-0.2, -0.15) is 0 Å². The highest BCUT2D eigenvalue weighted by Crippen LogP contribution is 2.47. The summed E-state index contributed by atoms with van der Waals surface area (Å²) in [6.45, 7) is 1.43. The predicted molar refractivity (Wildman–Crippen MR) is 108 cm³/mol. The first kappa shape index (κ1) is 19.1. The number of likely N-dealkylation sites (N-methyl/N-ethyl adjacent to an activating group) is 1. The molecule has 1 unspecified atom stereocenters. The predicted octanol–water partition coefficient (Wildman–Crippen LogP) is 1.86. The molecule has 3 aliphatic heterocycles. The topological polar surface area (TPSA) is 67.7 Å². The van der Waals surface area contributed by atoms with Crippen molar-refractivity contribution >= 4 is 5.78 Å². The number of methoxy groups -OCH3 is 1. The Hall–Kier alpha value is -2.93. The Morgan fingerprint density at radius 3 is 2.77 bits per heavy atom. The lowest BCUT2D eigenvalue weighted by Crippen LogP contribution is -3.10. The molecule has 0 saturated heterocycles. The molecule has 1 N–H and O–H groups in total. The maximum absolute atomic E-state index is 12.9. The van der Waals surface area contributed by atoms with Gasteiger partial charge in [0.2, 0.25) is 19.3 Å². The third-order valence-corrected chi connectivity index (χ3v) is 6.24. The molecule has 2 atom stereocenters. The van der Waals surface area contributed by atoms with Gasteiger partial charge in [-0.3, -0.25) is 4.79 Å². The van der Waals surface area contributed by atoms with Gasteiger partial charge in [-0.05, 0) is 35.7 Å². The van der Waals surface area contributed by atoms with E-state index in [-0.39, 0.29) is 25.4 Å². The fourth-order valence-corrected chi connectivity index (χ4v) is 4.61. The van der Waals surface area contributed by atoms with Crippen LogP contribution in [0.3, 0.4) is 0 Å². The normalized spacial score (nSPS) is 20.7. The fraction of sp³-hybridized carbons (Fsp3) is 0.435. The second-order valence-electron chi connectivity index (χ2n) is 8.05. The lowest BCUT2D eigenvalue weighted by atomic mass is 9.87. The number of quaternary nitrogens is 1. The average Bonchev–Trinajstić information content (AvgIpc) is 3.41. The van der Waals surface area contributed by atoms with Gasteiger partial charge in [-0.15, -0.1) is 0 Å². The molecular weight excluding hydrogens is 386 g/mol. The molecule has 0 aromatic heterocycles. The Kier molecular flexibility index (Phi) is 4.90. The van der Waals surface area contributed by atoms with Crippen LogP contribution in [-0.2, 0) is 17.6 Å². The van der Waals surface area contributed by atoms with Gasteiger partial charge in [0.1, 0.15) is 11.8 Å². The minimum atomic E-state index is 0.0439. The van der Waals surface area contributed by atoms with Crippen LogP contribution in [0, 0.1) is 0 Å². The van der Waals surface area contributed by atoms with Crippen molar-refractivity contribution in [3.63, 3.8) is 0 Å². The van der Waals surface area contributed by atoms with E-state index in [1.807, 2.05) is 18.2 Å². The largest absolute Gasteiger partial charge is 0.492 e. The van der Waals surface area contributed by atoms with Crippen molar-refractivity contribution in [1.82, 2.24) is 0 Å². The maximum Gasteiger partial charge on any atom is 0.231 e. The van der Waals surface area contributed by atoms with Gasteiger partial charge in [-0.25, -0.2) is 0 Å². The molecule has 3 heterocycles. The number of fused-ring (bicyclic) bond motifs is 3. The van der Waals surface area contributed by atoms with Crippen molar-refractivity contribution in [3.8, 4) is 28.7 Å². The average molecular weight is 412 g/mol. The molecule has 7 heteroatoms. The van der Waals surface area contributed by atoms with Crippen molar-refractivity contribution in [2.24, 2.45) is 0 Å². The van der Waals surface area contributed by atoms with Crippen LogP contribution < -0.4 is 28.6 Å². The summed E-state index contributed by atoms with van der Waals surface area (Å²) in [7, 11) is 3.79. The molecule has 0 amide bonds. The number of ether oxygens (including phenoxy) is 5. The van der Waals surface area contributed by atoms with Gasteiger partial charge in [0.25, 0.3) is 0 Å². The molecular formula is C23H26NO6+. The molecule has 0 spiro atoms. The van der Waals surface area contributed by atoms with Crippen LogP contribution in [0.25, 0.3) is 0 Å². The van der Waals surface area contributed by atoms with Crippen LogP contribution in [0.4, 0.5) is 0 Å². The third-order valence-electron chi connectivity index (χ3n) is 6.24. The summed E-state index contributed by atoms with van der Waals surface area (Å²) in [6, 6.07) is 7.97. The summed E-state index contributed by atoms with van der Waals surface area (Å²) >= 11 is 0. The number of aryl methyl sites for hydroxylation is 1. The van der Waals surface area contributed by atoms with E-state index in [1.54, 1.807) is 7.11 Å². The number of Topliss-reactive ketones (excluding diaryl/α,β-unsaturated/α-hetero) is 1. The quantitative estimate of drug-likeness (QED) is 0.781. The third kappa shape index (κ3) is 3.33. The van der Waals surface area contributed by atoms with Gasteiger partial charge in [0, 0.05) is 12.8 Å². The van der Waals surface area contributed by atoms with E-state index < -0.39 is 0 Å². The van der Waals surface area contributed by atoms with Gasteiger partial charge >= 0.3 is 0 Å². The zero-order chi connectivity index (χ0) is 20.7. The number of hydrogen-bond donors (Lipinski definition) is 1. The van der Waals surface area contributed by atoms with Crippen LogP contribution in [-0.4, -0.2) is 40.1 Å². The molecule has 7 nitrogen and oxygen atoms in total.